The topological polar surface area (TPSA) is 25.8 Å². The maximum absolute atomic E-state index is 6.38. The third-order valence-corrected chi connectivity index (χ3v) is 3.93. The van der Waals surface area contributed by atoms with E-state index >= 15 is 0 Å². The van der Waals surface area contributed by atoms with E-state index in [2.05, 4.69) is 9.97 Å². The molecular weight excluding hydrogens is 303 g/mol. The summed E-state index contributed by atoms with van der Waals surface area (Å²) >= 11 is 12.4. The van der Waals surface area contributed by atoms with E-state index in [-0.39, 0.29) is 5.92 Å². The molecule has 21 heavy (non-hydrogen) atoms. The maximum atomic E-state index is 6.38. The Bertz CT molecular complexity index is 727. The van der Waals surface area contributed by atoms with E-state index in [1.54, 1.807) is 0 Å². The molecule has 104 valence electrons. The lowest BCUT2D eigenvalue weighted by atomic mass is 9.86. The molecule has 4 heteroatoms. The van der Waals surface area contributed by atoms with Crippen molar-refractivity contribution in [3.8, 4) is 0 Å². The van der Waals surface area contributed by atoms with Gasteiger partial charge in [-0.3, -0.25) is 0 Å². The molecule has 0 amide bonds. The average Bonchev–Trinajstić information content (AvgIpc) is 2.52. The fourth-order valence-corrected chi connectivity index (χ4v) is 2.75. The Balaban J connectivity index is 2.16. The van der Waals surface area contributed by atoms with Gasteiger partial charge in [-0.1, -0.05) is 53.5 Å². The van der Waals surface area contributed by atoms with E-state index in [0.717, 1.165) is 21.7 Å². The van der Waals surface area contributed by atoms with Crippen LogP contribution in [0.5, 0.6) is 0 Å². The zero-order chi connectivity index (χ0) is 14.7. The van der Waals surface area contributed by atoms with Crippen molar-refractivity contribution < 1.29 is 0 Å². The first-order valence-electron chi connectivity index (χ1n) is 6.50. The van der Waals surface area contributed by atoms with Crippen molar-refractivity contribution in [2.24, 2.45) is 0 Å². The molecule has 3 rings (SSSR count). The number of nitrogens with zero attached hydrogens (tertiary/aromatic N) is 2. The summed E-state index contributed by atoms with van der Waals surface area (Å²) in [4.78, 5) is 8.25. The van der Waals surface area contributed by atoms with Gasteiger partial charge in [-0.2, -0.15) is 0 Å². The number of hydrogen-bond donors (Lipinski definition) is 0. The third kappa shape index (κ3) is 3.07. The number of aromatic nitrogens is 2. The van der Waals surface area contributed by atoms with Crippen molar-refractivity contribution >= 4 is 23.2 Å². The van der Waals surface area contributed by atoms with Crippen molar-refractivity contribution in [2.75, 3.05) is 0 Å². The molecule has 0 N–H and O–H groups in total. The van der Waals surface area contributed by atoms with Gasteiger partial charge < -0.3 is 0 Å². The van der Waals surface area contributed by atoms with Crippen molar-refractivity contribution in [1.82, 2.24) is 9.97 Å². The highest BCUT2D eigenvalue weighted by Crippen LogP contribution is 2.35. The number of halogens is 2. The lowest BCUT2D eigenvalue weighted by Crippen LogP contribution is -2.05. The first kappa shape index (κ1) is 14.1. The Morgan fingerprint density at radius 3 is 2.10 bits per heavy atom. The third-order valence-electron chi connectivity index (χ3n) is 3.33. The second-order valence-corrected chi connectivity index (χ2v) is 5.52. The van der Waals surface area contributed by atoms with Gasteiger partial charge in [0.2, 0.25) is 0 Å². The molecule has 1 aromatic heterocycles. The Morgan fingerprint density at radius 1 is 0.762 bits per heavy atom. The fourth-order valence-electron chi connectivity index (χ4n) is 2.38. The lowest BCUT2D eigenvalue weighted by molar-refractivity contribution is 0.941. The summed E-state index contributed by atoms with van der Waals surface area (Å²) in [6, 6.07) is 15.6. The van der Waals surface area contributed by atoms with Gasteiger partial charge in [-0.05, 0) is 29.3 Å². The first-order valence-corrected chi connectivity index (χ1v) is 7.26. The van der Waals surface area contributed by atoms with Crippen LogP contribution in [0, 0.1) is 0 Å². The highest BCUT2D eigenvalue weighted by Gasteiger charge is 2.19. The van der Waals surface area contributed by atoms with Crippen LogP contribution in [0.2, 0.25) is 10.0 Å². The summed E-state index contributed by atoms with van der Waals surface area (Å²) in [5.74, 6) is -0.0165. The smallest absolute Gasteiger partial charge is 0.115 e. The molecule has 2 nitrogen and oxygen atoms in total. The van der Waals surface area contributed by atoms with Gasteiger partial charge in [-0.25, -0.2) is 9.97 Å². The van der Waals surface area contributed by atoms with Crippen LogP contribution in [0.4, 0.5) is 0 Å². The minimum Gasteiger partial charge on any atom is -0.245 e. The van der Waals surface area contributed by atoms with Crippen LogP contribution < -0.4 is 0 Å². The van der Waals surface area contributed by atoms with Crippen molar-refractivity contribution in [3.05, 3.63) is 94.0 Å². The van der Waals surface area contributed by atoms with E-state index in [1.165, 1.54) is 6.33 Å². The van der Waals surface area contributed by atoms with E-state index in [1.807, 2.05) is 60.9 Å². The monoisotopic (exact) mass is 314 g/mol. The number of benzene rings is 2. The van der Waals surface area contributed by atoms with Crippen LogP contribution in [-0.4, -0.2) is 9.97 Å². The Kier molecular flexibility index (Phi) is 4.18. The van der Waals surface area contributed by atoms with Gasteiger partial charge in [0.15, 0.2) is 0 Å². The fraction of sp³-hybridized carbons (Fsp3) is 0.0588. The quantitative estimate of drug-likeness (QED) is 0.682. The summed E-state index contributed by atoms with van der Waals surface area (Å²) in [6.07, 6.45) is 5.15. The van der Waals surface area contributed by atoms with E-state index in [0.29, 0.717) is 5.02 Å². The first-order chi connectivity index (χ1) is 10.3. The molecule has 3 aromatic rings. The van der Waals surface area contributed by atoms with Crippen molar-refractivity contribution in [2.45, 2.75) is 5.92 Å². The predicted molar refractivity (Wildman–Crippen MR) is 85.9 cm³/mol. The minimum atomic E-state index is -0.0165. The number of hydrogen-bond acceptors (Lipinski definition) is 2. The Labute approximate surface area is 133 Å². The summed E-state index contributed by atoms with van der Waals surface area (Å²) in [6.45, 7) is 0. The SMILES string of the molecule is Clc1ccc([C@@H](c2cncnc2)c2ccccc2Cl)cc1. The Morgan fingerprint density at radius 2 is 1.43 bits per heavy atom. The summed E-state index contributed by atoms with van der Waals surface area (Å²) in [7, 11) is 0. The molecule has 0 spiro atoms. The van der Waals surface area contributed by atoms with E-state index in [9.17, 15) is 0 Å². The summed E-state index contributed by atoms with van der Waals surface area (Å²) < 4.78 is 0. The van der Waals surface area contributed by atoms with Gasteiger partial charge in [0.25, 0.3) is 0 Å². The molecule has 0 bridgehead atoms. The van der Waals surface area contributed by atoms with E-state index < -0.39 is 0 Å². The molecule has 0 fully saturated rings. The van der Waals surface area contributed by atoms with Gasteiger partial charge in [0.1, 0.15) is 6.33 Å². The van der Waals surface area contributed by atoms with Crippen molar-refractivity contribution in [3.63, 3.8) is 0 Å². The molecule has 0 saturated carbocycles. The van der Waals surface area contributed by atoms with Gasteiger partial charge >= 0.3 is 0 Å². The molecule has 0 aliphatic heterocycles. The highest BCUT2D eigenvalue weighted by atomic mass is 35.5. The van der Waals surface area contributed by atoms with Crippen LogP contribution in [0.3, 0.4) is 0 Å². The normalized spacial score (nSPS) is 12.1. The van der Waals surface area contributed by atoms with Gasteiger partial charge in [0, 0.05) is 33.9 Å². The molecule has 0 aliphatic rings. The maximum Gasteiger partial charge on any atom is 0.115 e. The Hall–Kier alpha value is -1.90. The molecule has 2 aromatic carbocycles. The van der Waals surface area contributed by atoms with Gasteiger partial charge in [-0.15, -0.1) is 0 Å². The van der Waals surface area contributed by atoms with Crippen LogP contribution >= 0.6 is 23.2 Å². The molecule has 0 saturated heterocycles. The van der Waals surface area contributed by atoms with Crippen LogP contribution in [-0.2, 0) is 0 Å². The number of rotatable bonds is 3. The molecule has 0 aliphatic carbocycles. The zero-order valence-electron chi connectivity index (χ0n) is 11.1. The summed E-state index contributed by atoms with van der Waals surface area (Å²) in [5.41, 5.74) is 3.12. The molecular formula is C17H12Cl2N2. The van der Waals surface area contributed by atoms with Crippen LogP contribution in [0.25, 0.3) is 0 Å². The van der Waals surface area contributed by atoms with Crippen LogP contribution in [0.1, 0.15) is 22.6 Å². The van der Waals surface area contributed by atoms with Gasteiger partial charge in [0.05, 0.1) is 0 Å². The standard InChI is InChI=1S/C17H12Cl2N2/c18-14-7-5-12(6-8-14)17(13-9-20-11-21-10-13)15-3-1-2-4-16(15)19/h1-11,17H/t17-/m0/s1. The zero-order valence-corrected chi connectivity index (χ0v) is 12.6. The molecule has 0 unspecified atom stereocenters. The molecule has 1 atom stereocenters. The second kappa shape index (κ2) is 6.25. The molecule has 0 radical (unpaired) electrons. The average molecular weight is 315 g/mol. The minimum absolute atomic E-state index is 0.0165. The molecule has 1 heterocycles. The second-order valence-electron chi connectivity index (χ2n) is 4.68. The van der Waals surface area contributed by atoms with E-state index in [4.69, 9.17) is 23.2 Å². The van der Waals surface area contributed by atoms with Crippen molar-refractivity contribution in [1.29, 1.82) is 0 Å². The largest absolute Gasteiger partial charge is 0.245 e. The van der Waals surface area contributed by atoms with Crippen LogP contribution in [0.15, 0.2) is 67.3 Å². The predicted octanol–water partition coefficient (Wildman–Crippen LogP) is 4.96. The highest BCUT2D eigenvalue weighted by molar-refractivity contribution is 6.31. The lowest BCUT2D eigenvalue weighted by Gasteiger charge is -2.19. The summed E-state index contributed by atoms with van der Waals surface area (Å²) in [5, 5.41) is 1.43.